The predicted molar refractivity (Wildman–Crippen MR) is 87.0 cm³/mol. The molecule has 1 atom stereocenters. The number of oxime groups is 1. The Morgan fingerprint density at radius 2 is 2.14 bits per heavy atom. The van der Waals surface area contributed by atoms with Crippen LogP contribution in [0, 0.1) is 5.92 Å². The van der Waals surface area contributed by atoms with Gasteiger partial charge in [0.1, 0.15) is 0 Å². The molecule has 1 saturated carbocycles. The Bertz CT molecular complexity index is 593. The minimum absolute atomic E-state index is 0.0895. The Morgan fingerprint density at radius 1 is 1.41 bits per heavy atom. The molecule has 0 unspecified atom stereocenters. The number of nitrogens with zero attached hydrogens (tertiary/aromatic N) is 2. The Labute approximate surface area is 135 Å². The number of carbonyl (C=O) groups excluding carboxylic acids is 1. The summed E-state index contributed by atoms with van der Waals surface area (Å²) in [6.45, 7) is 4.85. The molecule has 0 bridgehead atoms. The van der Waals surface area contributed by atoms with E-state index in [0.717, 1.165) is 24.1 Å². The van der Waals surface area contributed by atoms with E-state index in [9.17, 15) is 4.79 Å². The van der Waals surface area contributed by atoms with E-state index >= 15 is 0 Å². The van der Waals surface area contributed by atoms with Gasteiger partial charge in [-0.3, -0.25) is 4.79 Å². The highest BCUT2D eigenvalue weighted by Gasteiger charge is 2.35. The third kappa shape index (κ3) is 3.50. The lowest BCUT2D eigenvalue weighted by molar-refractivity contribution is -0.133. The summed E-state index contributed by atoms with van der Waals surface area (Å²) in [7, 11) is 0. The van der Waals surface area contributed by atoms with Crippen molar-refractivity contribution in [1.82, 2.24) is 4.90 Å². The van der Waals surface area contributed by atoms with Gasteiger partial charge in [0.05, 0.1) is 12.3 Å². The molecule has 3 rings (SSSR count). The fraction of sp³-hybridized carbons (Fsp3) is 0.412. The van der Waals surface area contributed by atoms with E-state index in [0.29, 0.717) is 24.5 Å². The van der Waals surface area contributed by atoms with Crippen LogP contribution in [0.1, 0.15) is 24.8 Å². The van der Waals surface area contributed by atoms with E-state index in [1.165, 1.54) is 0 Å². The third-order valence-electron chi connectivity index (χ3n) is 3.92. The normalized spacial score (nSPS) is 20.2. The fourth-order valence-electron chi connectivity index (χ4n) is 2.58. The molecule has 1 aliphatic heterocycles. The van der Waals surface area contributed by atoms with Crippen molar-refractivity contribution in [1.29, 1.82) is 0 Å². The van der Waals surface area contributed by atoms with Crippen LogP contribution in [-0.2, 0) is 9.63 Å². The van der Waals surface area contributed by atoms with Gasteiger partial charge in [-0.25, -0.2) is 0 Å². The van der Waals surface area contributed by atoms with Crippen LogP contribution in [-0.4, -0.2) is 35.7 Å². The Morgan fingerprint density at radius 3 is 2.77 bits per heavy atom. The molecule has 0 spiro atoms. The van der Waals surface area contributed by atoms with Crippen molar-refractivity contribution < 1.29 is 9.63 Å². The van der Waals surface area contributed by atoms with E-state index in [4.69, 9.17) is 16.4 Å². The largest absolute Gasteiger partial charge is 0.390 e. The van der Waals surface area contributed by atoms with Gasteiger partial charge in [0.15, 0.2) is 6.10 Å². The standard InChI is InChI=1S/C17H19ClN2O2/c1-2-9-20(17(21)13-3-4-13)11-15-10-16(19-22-15)12-5-7-14(18)8-6-12/h2,5-8,13,15H,1,3-4,9-11H2/t15-/m0/s1. The highest BCUT2D eigenvalue weighted by atomic mass is 35.5. The summed E-state index contributed by atoms with van der Waals surface area (Å²) in [5.74, 6) is 0.418. The Kier molecular flexibility index (Phi) is 4.48. The van der Waals surface area contributed by atoms with Crippen LogP contribution in [0.15, 0.2) is 42.1 Å². The zero-order valence-electron chi connectivity index (χ0n) is 12.4. The molecule has 0 saturated heterocycles. The van der Waals surface area contributed by atoms with Crippen molar-refractivity contribution >= 4 is 23.2 Å². The lowest BCUT2D eigenvalue weighted by Gasteiger charge is -2.23. The van der Waals surface area contributed by atoms with E-state index in [1.807, 2.05) is 29.2 Å². The zero-order valence-corrected chi connectivity index (χ0v) is 13.1. The molecule has 5 heteroatoms. The van der Waals surface area contributed by atoms with Gasteiger partial charge in [0.25, 0.3) is 0 Å². The number of hydrogen-bond donors (Lipinski definition) is 0. The first-order chi connectivity index (χ1) is 10.7. The topological polar surface area (TPSA) is 41.9 Å². The maximum atomic E-state index is 12.2. The molecule has 1 aliphatic carbocycles. The smallest absolute Gasteiger partial charge is 0.226 e. The molecule has 1 heterocycles. The number of carbonyl (C=O) groups is 1. The minimum Gasteiger partial charge on any atom is -0.390 e. The van der Waals surface area contributed by atoms with Crippen LogP contribution in [0.5, 0.6) is 0 Å². The van der Waals surface area contributed by atoms with Crippen molar-refractivity contribution in [2.45, 2.75) is 25.4 Å². The summed E-state index contributed by atoms with van der Waals surface area (Å²) in [5, 5.41) is 4.86. The van der Waals surface area contributed by atoms with Gasteiger partial charge in [0, 0.05) is 23.9 Å². The average molecular weight is 319 g/mol. The van der Waals surface area contributed by atoms with Crippen molar-refractivity contribution in [2.24, 2.45) is 11.1 Å². The molecule has 1 aromatic carbocycles. The second kappa shape index (κ2) is 6.53. The van der Waals surface area contributed by atoms with Gasteiger partial charge in [0.2, 0.25) is 5.91 Å². The Hall–Kier alpha value is -1.81. The van der Waals surface area contributed by atoms with Crippen LogP contribution >= 0.6 is 11.6 Å². The number of rotatable bonds is 6. The molecule has 4 nitrogen and oxygen atoms in total. The van der Waals surface area contributed by atoms with Crippen LogP contribution in [0.3, 0.4) is 0 Å². The summed E-state index contributed by atoms with van der Waals surface area (Å²) in [6, 6.07) is 7.55. The lowest BCUT2D eigenvalue weighted by Crippen LogP contribution is -2.38. The summed E-state index contributed by atoms with van der Waals surface area (Å²) < 4.78 is 0. The van der Waals surface area contributed by atoms with E-state index < -0.39 is 0 Å². The Balaban J connectivity index is 1.59. The van der Waals surface area contributed by atoms with Crippen LogP contribution < -0.4 is 0 Å². The molecular weight excluding hydrogens is 300 g/mol. The van der Waals surface area contributed by atoms with E-state index in [-0.39, 0.29) is 17.9 Å². The molecule has 1 fully saturated rings. The quantitative estimate of drug-likeness (QED) is 0.755. The van der Waals surface area contributed by atoms with Crippen molar-refractivity contribution in [3.8, 4) is 0 Å². The summed E-state index contributed by atoms with van der Waals surface area (Å²) >= 11 is 5.90. The monoisotopic (exact) mass is 318 g/mol. The molecule has 116 valence electrons. The SMILES string of the molecule is C=CCN(C[C@@H]1CC(c2ccc(Cl)cc2)=NO1)C(=O)C1CC1. The van der Waals surface area contributed by atoms with Crippen LogP contribution in [0.25, 0.3) is 0 Å². The van der Waals surface area contributed by atoms with Gasteiger partial charge in [-0.15, -0.1) is 6.58 Å². The van der Waals surface area contributed by atoms with Crippen LogP contribution in [0.2, 0.25) is 5.02 Å². The average Bonchev–Trinajstić information content (AvgIpc) is 3.27. The van der Waals surface area contributed by atoms with Gasteiger partial charge < -0.3 is 9.74 Å². The lowest BCUT2D eigenvalue weighted by atomic mass is 10.0. The predicted octanol–water partition coefficient (Wildman–Crippen LogP) is 3.26. The van der Waals surface area contributed by atoms with E-state index in [2.05, 4.69) is 11.7 Å². The maximum absolute atomic E-state index is 12.2. The second-order valence-electron chi connectivity index (χ2n) is 5.78. The number of halogens is 1. The number of benzene rings is 1. The number of amides is 1. The molecule has 0 N–H and O–H groups in total. The molecular formula is C17H19ClN2O2. The fourth-order valence-corrected chi connectivity index (χ4v) is 2.71. The minimum atomic E-state index is -0.0895. The third-order valence-corrected chi connectivity index (χ3v) is 4.17. The molecule has 2 aliphatic rings. The zero-order chi connectivity index (χ0) is 15.5. The first kappa shape index (κ1) is 15.1. The molecule has 0 aromatic heterocycles. The molecule has 1 amide bonds. The van der Waals surface area contributed by atoms with E-state index in [1.54, 1.807) is 6.08 Å². The van der Waals surface area contributed by atoms with Crippen LogP contribution in [0.4, 0.5) is 0 Å². The summed E-state index contributed by atoms with van der Waals surface area (Å²) in [6.07, 6.45) is 4.38. The van der Waals surface area contributed by atoms with Gasteiger partial charge in [-0.1, -0.05) is 35.0 Å². The maximum Gasteiger partial charge on any atom is 0.226 e. The highest BCUT2D eigenvalue weighted by molar-refractivity contribution is 6.30. The van der Waals surface area contributed by atoms with Crippen molar-refractivity contribution in [2.75, 3.05) is 13.1 Å². The molecule has 1 aromatic rings. The van der Waals surface area contributed by atoms with Gasteiger partial charge >= 0.3 is 0 Å². The molecule has 22 heavy (non-hydrogen) atoms. The summed E-state index contributed by atoms with van der Waals surface area (Å²) in [5.41, 5.74) is 1.91. The van der Waals surface area contributed by atoms with Gasteiger partial charge in [-0.2, -0.15) is 0 Å². The van der Waals surface area contributed by atoms with Gasteiger partial charge in [-0.05, 0) is 30.5 Å². The highest BCUT2D eigenvalue weighted by Crippen LogP contribution is 2.31. The first-order valence-corrected chi connectivity index (χ1v) is 7.93. The first-order valence-electron chi connectivity index (χ1n) is 7.55. The molecule has 0 radical (unpaired) electrons. The van der Waals surface area contributed by atoms with Crippen molar-refractivity contribution in [3.63, 3.8) is 0 Å². The summed E-state index contributed by atoms with van der Waals surface area (Å²) in [4.78, 5) is 19.6. The van der Waals surface area contributed by atoms with Crippen molar-refractivity contribution in [3.05, 3.63) is 47.5 Å². The number of hydrogen-bond acceptors (Lipinski definition) is 3. The second-order valence-corrected chi connectivity index (χ2v) is 6.22.